The Morgan fingerprint density at radius 1 is 1.53 bits per heavy atom. The largest absolute Gasteiger partial charge is 0.481 e. The van der Waals surface area contributed by atoms with Crippen LogP contribution in [0.5, 0.6) is 0 Å². The number of carboxylic acid groups (broad SMARTS) is 1. The van der Waals surface area contributed by atoms with E-state index in [9.17, 15) is 13.6 Å². The molecule has 0 aromatic heterocycles. The van der Waals surface area contributed by atoms with Crippen LogP contribution in [-0.2, 0) is 4.79 Å². The van der Waals surface area contributed by atoms with E-state index < -0.39 is 23.6 Å². The Morgan fingerprint density at radius 2 is 2.18 bits per heavy atom. The third kappa shape index (κ3) is 3.99. The van der Waals surface area contributed by atoms with Gasteiger partial charge in [0.15, 0.2) is 0 Å². The first-order valence-corrected chi connectivity index (χ1v) is 5.03. The molecule has 0 aliphatic rings. The molecule has 1 unspecified atom stereocenters. The zero-order chi connectivity index (χ0) is 13.0. The maximum atomic E-state index is 13.4. The lowest BCUT2D eigenvalue weighted by Gasteiger charge is -2.23. The summed E-state index contributed by atoms with van der Waals surface area (Å²) in [5.74, 6) is -2.37. The number of anilines is 1. The van der Waals surface area contributed by atoms with Gasteiger partial charge in [-0.3, -0.25) is 4.79 Å². The lowest BCUT2D eigenvalue weighted by Crippen LogP contribution is -2.37. The maximum absolute atomic E-state index is 13.4. The summed E-state index contributed by atoms with van der Waals surface area (Å²) in [5, 5.41) is 8.54. The van der Waals surface area contributed by atoms with Crippen molar-refractivity contribution in [1.29, 1.82) is 0 Å². The van der Waals surface area contributed by atoms with Gasteiger partial charge < -0.3 is 15.7 Å². The number of rotatable bonds is 5. The number of hydrogen-bond donors (Lipinski definition) is 2. The van der Waals surface area contributed by atoms with Gasteiger partial charge in [-0.05, 0) is 12.1 Å². The number of hydrogen-bond acceptors (Lipinski definition) is 3. The summed E-state index contributed by atoms with van der Waals surface area (Å²) in [5.41, 5.74) is 5.76. The van der Waals surface area contributed by atoms with Crippen LogP contribution in [0, 0.1) is 11.6 Å². The van der Waals surface area contributed by atoms with Gasteiger partial charge in [-0.1, -0.05) is 0 Å². The van der Waals surface area contributed by atoms with Crippen molar-refractivity contribution in [2.75, 3.05) is 18.5 Å². The number of halogens is 2. The normalized spacial score (nSPS) is 12.2. The van der Waals surface area contributed by atoms with Crippen LogP contribution in [0.3, 0.4) is 0 Å². The Labute approximate surface area is 97.6 Å². The second-order valence-corrected chi connectivity index (χ2v) is 3.83. The molecule has 0 amide bonds. The van der Waals surface area contributed by atoms with Gasteiger partial charge in [0.2, 0.25) is 0 Å². The molecule has 0 spiro atoms. The van der Waals surface area contributed by atoms with Crippen molar-refractivity contribution in [2.45, 2.75) is 12.5 Å². The Hall–Kier alpha value is -1.69. The second kappa shape index (κ2) is 5.58. The summed E-state index contributed by atoms with van der Waals surface area (Å²) < 4.78 is 26.1. The zero-order valence-electron chi connectivity index (χ0n) is 9.36. The van der Waals surface area contributed by atoms with Crippen molar-refractivity contribution in [3.63, 3.8) is 0 Å². The van der Waals surface area contributed by atoms with E-state index in [-0.39, 0.29) is 18.7 Å². The van der Waals surface area contributed by atoms with E-state index in [0.717, 1.165) is 12.1 Å². The van der Waals surface area contributed by atoms with Crippen LogP contribution in [0.1, 0.15) is 6.42 Å². The highest BCUT2D eigenvalue weighted by Crippen LogP contribution is 2.18. The Balaban J connectivity index is 2.69. The molecule has 4 nitrogen and oxygen atoms in total. The van der Waals surface area contributed by atoms with Gasteiger partial charge in [0.1, 0.15) is 11.6 Å². The van der Waals surface area contributed by atoms with E-state index in [1.807, 2.05) is 0 Å². The van der Waals surface area contributed by atoms with Crippen molar-refractivity contribution in [2.24, 2.45) is 5.73 Å². The summed E-state index contributed by atoms with van der Waals surface area (Å²) in [6.07, 6.45) is -0.201. The fraction of sp³-hybridized carbons (Fsp3) is 0.364. The summed E-state index contributed by atoms with van der Waals surface area (Å²) in [6.45, 7) is 0.175. The Kier molecular flexibility index (Phi) is 4.39. The van der Waals surface area contributed by atoms with Crippen molar-refractivity contribution >= 4 is 11.7 Å². The van der Waals surface area contributed by atoms with Crippen LogP contribution >= 0.6 is 0 Å². The van der Waals surface area contributed by atoms with Crippen molar-refractivity contribution in [3.8, 4) is 0 Å². The molecule has 0 radical (unpaired) electrons. The van der Waals surface area contributed by atoms with Gasteiger partial charge in [0.05, 0.1) is 12.1 Å². The SMILES string of the molecule is CN(CC(N)CC(=O)O)c1ccc(F)cc1F. The molecular formula is C11H14F2N2O2. The average molecular weight is 244 g/mol. The molecule has 1 atom stereocenters. The first kappa shape index (κ1) is 13.4. The van der Waals surface area contributed by atoms with Gasteiger partial charge in [0, 0.05) is 25.7 Å². The van der Waals surface area contributed by atoms with E-state index in [0.29, 0.717) is 0 Å². The topological polar surface area (TPSA) is 66.6 Å². The van der Waals surface area contributed by atoms with Crippen LogP contribution in [0.2, 0.25) is 0 Å². The molecule has 17 heavy (non-hydrogen) atoms. The summed E-state index contributed by atoms with van der Waals surface area (Å²) in [4.78, 5) is 11.9. The van der Waals surface area contributed by atoms with Crippen LogP contribution in [-0.4, -0.2) is 30.7 Å². The molecule has 0 saturated carbocycles. The minimum atomic E-state index is -1.01. The fourth-order valence-corrected chi connectivity index (χ4v) is 1.53. The van der Waals surface area contributed by atoms with Crippen LogP contribution < -0.4 is 10.6 Å². The summed E-state index contributed by atoms with van der Waals surface area (Å²) in [7, 11) is 1.57. The molecule has 0 saturated heterocycles. The van der Waals surface area contributed by atoms with Crippen LogP contribution in [0.15, 0.2) is 18.2 Å². The standard InChI is InChI=1S/C11H14F2N2O2/c1-15(6-8(14)5-11(16)17)10-3-2-7(12)4-9(10)13/h2-4,8H,5-6,14H2,1H3,(H,16,17). The van der Waals surface area contributed by atoms with Gasteiger partial charge >= 0.3 is 5.97 Å². The quantitative estimate of drug-likeness (QED) is 0.816. The number of benzene rings is 1. The van der Waals surface area contributed by atoms with Crippen LogP contribution in [0.25, 0.3) is 0 Å². The summed E-state index contributed by atoms with van der Waals surface area (Å²) >= 11 is 0. The minimum Gasteiger partial charge on any atom is -0.481 e. The minimum absolute atomic E-state index is 0.175. The average Bonchev–Trinajstić information content (AvgIpc) is 2.15. The smallest absolute Gasteiger partial charge is 0.304 e. The lowest BCUT2D eigenvalue weighted by molar-refractivity contribution is -0.137. The van der Waals surface area contributed by atoms with Gasteiger partial charge in [-0.2, -0.15) is 0 Å². The van der Waals surface area contributed by atoms with Crippen molar-refractivity contribution in [3.05, 3.63) is 29.8 Å². The lowest BCUT2D eigenvalue weighted by atomic mass is 10.2. The maximum Gasteiger partial charge on any atom is 0.304 e. The second-order valence-electron chi connectivity index (χ2n) is 3.83. The number of carboxylic acids is 1. The number of aliphatic carboxylic acids is 1. The highest BCUT2D eigenvalue weighted by Gasteiger charge is 2.14. The van der Waals surface area contributed by atoms with E-state index in [2.05, 4.69) is 0 Å². The van der Waals surface area contributed by atoms with Crippen molar-refractivity contribution < 1.29 is 18.7 Å². The van der Waals surface area contributed by atoms with E-state index >= 15 is 0 Å². The third-order valence-corrected chi connectivity index (χ3v) is 2.27. The first-order valence-electron chi connectivity index (χ1n) is 5.03. The zero-order valence-corrected chi connectivity index (χ0v) is 9.36. The number of carbonyl (C=O) groups is 1. The molecule has 1 aromatic rings. The molecule has 0 aliphatic heterocycles. The molecule has 6 heteroatoms. The number of nitrogens with two attached hydrogens (primary N) is 1. The predicted molar refractivity (Wildman–Crippen MR) is 59.9 cm³/mol. The summed E-state index contributed by atoms with van der Waals surface area (Å²) in [6, 6.07) is 2.59. The van der Waals surface area contributed by atoms with Gasteiger partial charge in [-0.15, -0.1) is 0 Å². The van der Waals surface area contributed by atoms with E-state index in [1.165, 1.54) is 11.0 Å². The molecule has 94 valence electrons. The molecule has 3 N–H and O–H groups in total. The van der Waals surface area contributed by atoms with Gasteiger partial charge in [0.25, 0.3) is 0 Å². The van der Waals surface area contributed by atoms with E-state index in [4.69, 9.17) is 10.8 Å². The Morgan fingerprint density at radius 3 is 2.71 bits per heavy atom. The van der Waals surface area contributed by atoms with Gasteiger partial charge in [-0.25, -0.2) is 8.78 Å². The molecule has 0 bridgehead atoms. The molecule has 0 fully saturated rings. The molecular weight excluding hydrogens is 230 g/mol. The molecule has 0 heterocycles. The fourth-order valence-electron chi connectivity index (χ4n) is 1.53. The van der Waals surface area contributed by atoms with E-state index in [1.54, 1.807) is 7.05 Å². The first-order chi connectivity index (χ1) is 7.90. The van der Waals surface area contributed by atoms with Crippen LogP contribution in [0.4, 0.5) is 14.5 Å². The van der Waals surface area contributed by atoms with Crippen molar-refractivity contribution in [1.82, 2.24) is 0 Å². The molecule has 1 aromatic carbocycles. The number of nitrogens with zero attached hydrogens (tertiary/aromatic N) is 1. The molecule has 1 rings (SSSR count). The predicted octanol–water partition coefficient (Wildman–Crippen LogP) is 1.20. The monoisotopic (exact) mass is 244 g/mol. The molecule has 0 aliphatic carbocycles. The highest BCUT2D eigenvalue weighted by molar-refractivity contribution is 5.67. The third-order valence-electron chi connectivity index (χ3n) is 2.27. The number of likely N-dealkylation sites (N-methyl/N-ethyl adjacent to an activating group) is 1. The highest BCUT2D eigenvalue weighted by atomic mass is 19.1. The Bertz CT molecular complexity index is 412.